The van der Waals surface area contributed by atoms with Gasteiger partial charge in [0.25, 0.3) is 0 Å². The molecule has 0 unspecified atom stereocenters. The zero-order chi connectivity index (χ0) is 15.5. The highest BCUT2D eigenvalue weighted by Crippen LogP contribution is 2.35. The summed E-state index contributed by atoms with van der Waals surface area (Å²) in [6, 6.07) is 6.46. The van der Waals surface area contributed by atoms with E-state index >= 15 is 0 Å². The Hall–Kier alpha value is -1.06. The minimum Gasteiger partial charge on any atom is -0.487 e. The third-order valence-corrected chi connectivity index (χ3v) is 4.79. The van der Waals surface area contributed by atoms with Crippen LogP contribution in [-0.4, -0.2) is 23.9 Å². The summed E-state index contributed by atoms with van der Waals surface area (Å²) in [4.78, 5) is 0. The monoisotopic (exact) mass is 291 g/mol. The molecule has 0 aromatic heterocycles. The highest BCUT2D eigenvalue weighted by atomic mass is 16.5. The van der Waals surface area contributed by atoms with E-state index in [2.05, 4.69) is 51.2 Å². The Morgan fingerprint density at radius 1 is 1.29 bits per heavy atom. The number of benzene rings is 1. The fourth-order valence-corrected chi connectivity index (χ4v) is 3.02. The molecule has 2 rings (SSSR count). The van der Waals surface area contributed by atoms with Gasteiger partial charge in [-0.3, -0.25) is 0 Å². The lowest BCUT2D eigenvalue weighted by molar-refractivity contribution is 0.113. The second kappa shape index (κ2) is 6.37. The Morgan fingerprint density at radius 2 is 2.00 bits per heavy atom. The van der Waals surface area contributed by atoms with Gasteiger partial charge in [-0.2, -0.15) is 0 Å². The molecule has 118 valence electrons. The Kier molecular flexibility index (Phi) is 4.95. The Bertz CT molecular complexity index is 470. The molecule has 2 N–H and O–H groups in total. The first-order valence-electron chi connectivity index (χ1n) is 8.06. The molecule has 0 radical (unpaired) electrons. The molecule has 1 aliphatic rings. The SMILES string of the molecule is CCC(CC)(CO)CNCc1ccc2c(c1)CC(C)(C)O2. The quantitative estimate of drug-likeness (QED) is 0.810. The second-order valence-corrected chi connectivity index (χ2v) is 6.95. The van der Waals surface area contributed by atoms with Crippen LogP contribution in [0.4, 0.5) is 0 Å². The van der Waals surface area contributed by atoms with Gasteiger partial charge in [-0.05, 0) is 43.9 Å². The first-order valence-corrected chi connectivity index (χ1v) is 8.06. The van der Waals surface area contributed by atoms with Crippen molar-refractivity contribution < 1.29 is 9.84 Å². The number of nitrogens with one attached hydrogen (secondary N) is 1. The fraction of sp³-hybridized carbons (Fsp3) is 0.667. The zero-order valence-electron chi connectivity index (χ0n) is 13.8. The molecule has 0 bridgehead atoms. The minimum atomic E-state index is -0.0785. The first kappa shape index (κ1) is 16.3. The third kappa shape index (κ3) is 3.78. The van der Waals surface area contributed by atoms with Crippen molar-refractivity contribution in [1.29, 1.82) is 0 Å². The van der Waals surface area contributed by atoms with Crippen molar-refractivity contribution in [3.8, 4) is 5.75 Å². The summed E-state index contributed by atoms with van der Waals surface area (Å²) in [6.45, 7) is 10.5. The van der Waals surface area contributed by atoms with Crippen LogP contribution in [0.3, 0.4) is 0 Å². The maximum atomic E-state index is 9.60. The fourth-order valence-electron chi connectivity index (χ4n) is 3.02. The third-order valence-electron chi connectivity index (χ3n) is 4.79. The Balaban J connectivity index is 1.94. The highest BCUT2D eigenvalue weighted by Gasteiger charge is 2.30. The number of aliphatic hydroxyl groups excluding tert-OH is 1. The highest BCUT2D eigenvalue weighted by molar-refractivity contribution is 5.41. The van der Waals surface area contributed by atoms with Crippen molar-refractivity contribution in [1.82, 2.24) is 5.32 Å². The van der Waals surface area contributed by atoms with Crippen molar-refractivity contribution in [3.63, 3.8) is 0 Å². The lowest BCUT2D eigenvalue weighted by Gasteiger charge is -2.29. The van der Waals surface area contributed by atoms with Crippen molar-refractivity contribution in [2.75, 3.05) is 13.2 Å². The van der Waals surface area contributed by atoms with Crippen molar-refractivity contribution in [3.05, 3.63) is 29.3 Å². The summed E-state index contributed by atoms with van der Waals surface area (Å²) in [5.74, 6) is 1.02. The molecule has 3 nitrogen and oxygen atoms in total. The Labute approximate surface area is 128 Å². The molecule has 0 atom stereocenters. The van der Waals surface area contributed by atoms with Crippen LogP contribution < -0.4 is 10.1 Å². The van der Waals surface area contributed by atoms with Crippen LogP contribution in [0.15, 0.2) is 18.2 Å². The van der Waals surface area contributed by atoms with Gasteiger partial charge in [0.2, 0.25) is 0 Å². The standard InChI is InChI=1S/C18H29NO2/c1-5-18(6-2,13-20)12-19-11-14-7-8-16-15(9-14)10-17(3,4)21-16/h7-9,19-20H,5-6,10-13H2,1-4H3. The van der Waals surface area contributed by atoms with Gasteiger partial charge in [0.1, 0.15) is 11.4 Å². The molecule has 0 fully saturated rings. The van der Waals surface area contributed by atoms with E-state index in [1.165, 1.54) is 11.1 Å². The lowest BCUT2D eigenvalue weighted by atomic mass is 9.83. The number of ether oxygens (including phenoxy) is 1. The van der Waals surface area contributed by atoms with E-state index in [-0.39, 0.29) is 17.6 Å². The summed E-state index contributed by atoms with van der Waals surface area (Å²) < 4.78 is 5.91. The summed E-state index contributed by atoms with van der Waals surface area (Å²) >= 11 is 0. The van der Waals surface area contributed by atoms with E-state index < -0.39 is 0 Å². The van der Waals surface area contributed by atoms with Gasteiger partial charge in [-0.25, -0.2) is 0 Å². The average Bonchev–Trinajstić information content (AvgIpc) is 2.77. The van der Waals surface area contributed by atoms with E-state index in [1.54, 1.807) is 0 Å². The molecule has 0 saturated heterocycles. The molecule has 0 spiro atoms. The van der Waals surface area contributed by atoms with Crippen molar-refractivity contribution >= 4 is 0 Å². The maximum absolute atomic E-state index is 9.60. The molecule has 1 aromatic rings. The first-order chi connectivity index (χ1) is 9.93. The van der Waals surface area contributed by atoms with Gasteiger partial charge in [0.15, 0.2) is 0 Å². The molecule has 0 saturated carbocycles. The molecule has 1 heterocycles. The van der Waals surface area contributed by atoms with E-state index in [0.717, 1.165) is 38.1 Å². The molecular weight excluding hydrogens is 262 g/mol. The number of fused-ring (bicyclic) bond motifs is 1. The molecule has 0 amide bonds. The van der Waals surface area contributed by atoms with E-state index in [0.29, 0.717) is 0 Å². The van der Waals surface area contributed by atoms with Crippen molar-refractivity contribution in [2.45, 2.75) is 59.1 Å². The zero-order valence-corrected chi connectivity index (χ0v) is 13.8. The summed E-state index contributed by atoms with van der Waals surface area (Å²) in [6.07, 6.45) is 2.97. The molecular formula is C18H29NO2. The number of hydrogen-bond acceptors (Lipinski definition) is 3. The van der Waals surface area contributed by atoms with Gasteiger partial charge in [0.05, 0.1) is 0 Å². The van der Waals surface area contributed by atoms with Gasteiger partial charge < -0.3 is 15.2 Å². The largest absolute Gasteiger partial charge is 0.487 e. The molecule has 1 aromatic carbocycles. The van der Waals surface area contributed by atoms with Gasteiger partial charge in [0, 0.05) is 31.5 Å². The summed E-state index contributed by atoms with van der Waals surface area (Å²) in [5, 5.41) is 13.1. The smallest absolute Gasteiger partial charge is 0.123 e. The predicted molar refractivity (Wildman–Crippen MR) is 86.7 cm³/mol. The van der Waals surface area contributed by atoms with Crippen molar-refractivity contribution in [2.24, 2.45) is 5.41 Å². The molecule has 21 heavy (non-hydrogen) atoms. The Morgan fingerprint density at radius 3 is 2.62 bits per heavy atom. The summed E-state index contributed by atoms with van der Waals surface area (Å²) in [5.41, 5.74) is 2.53. The topological polar surface area (TPSA) is 41.5 Å². The van der Waals surface area contributed by atoms with E-state index in [9.17, 15) is 5.11 Å². The normalized spacial score (nSPS) is 16.6. The van der Waals surface area contributed by atoms with Crippen LogP contribution in [0, 0.1) is 5.41 Å². The molecule has 1 aliphatic heterocycles. The number of aliphatic hydroxyl groups is 1. The van der Waals surface area contributed by atoms with E-state index in [1.807, 2.05) is 0 Å². The van der Waals surface area contributed by atoms with Gasteiger partial charge >= 0.3 is 0 Å². The van der Waals surface area contributed by atoms with Crippen LogP contribution in [0.1, 0.15) is 51.7 Å². The van der Waals surface area contributed by atoms with Crippen LogP contribution in [0.2, 0.25) is 0 Å². The van der Waals surface area contributed by atoms with Gasteiger partial charge in [-0.1, -0.05) is 26.0 Å². The number of hydrogen-bond donors (Lipinski definition) is 2. The van der Waals surface area contributed by atoms with Crippen LogP contribution >= 0.6 is 0 Å². The second-order valence-electron chi connectivity index (χ2n) is 6.95. The lowest BCUT2D eigenvalue weighted by Crippen LogP contribution is -2.36. The number of rotatable bonds is 7. The van der Waals surface area contributed by atoms with Crippen LogP contribution in [0.25, 0.3) is 0 Å². The molecule has 3 heteroatoms. The van der Waals surface area contributed by atoms with Crippen LogP contribution in [0.5, 0.6) is 5.75 Å². The maximum Gasteiger partial charge on any atom is 0.123 e. The predicted octanol–water partition coefficient (Wildman–Crippen LogP) is 3.29. The molecule has 0 aliphatic carbocycles. The van der Waals surface area contributed by atoms with E-state index in [4.69, 9.17) is 4.74 Å². The van der Waals surface area contributed by atoms with Crippen LogP contribution in [-0.2, 0) is 13.0 Å². The van der Waals surface area contributed by atoms with Gasteiger partial charge in [-0.15, -0.1) is 0 Å². The minimum absolute atomic E-state index is 0.0157. The summed E-state index contributed by atoms with van der Waals surface area (Å²) in [7, 11) is 0. The average molecular weight is 291 g/mol.